The molecule has 0 aliphatic heterocycles. The van der Waals surface area contributed by atoms with Gasteiger partial charge < -0.3 is 15.8 Å². The van der Waals surface area contributed by atoms with Gasteiger partial charge in [-0.05, 0) is 24.3 Å². The number of nitrogens with one attached hydrogen (secondary N) is 1. The Morgan fingerprint density at radius 2 is 2.05 bits per heavy atom. The summed E-state index contributed by atoms with van der Waals surface area (Å²) in [5.41, 5.74) is 7.23. The Morgan fingerprint density at radius 3 is 2.80 bits per heavy atom. The maximum absolute atomic E-state index is 11.9. The fourth-order valence-electron chi connectivity index (χ4n) is 1.65. The molecule has 0 atom stereocenters. The molecule has 2 rings (SSSR count). The highest BCUT2D eigenvalue weighted by molar-refractivity contribution is 8.00. The highest BCUT2D eigenvalue weighted by atomic mass is 32.2. The molecule has 1 amide bonds. The number of methoxy groups -OCH3 is 1. The molecule has 0 aliphatic rings. The van der Waals surface area contributed by atoms with E-state index in [-0.39, 0.29) is 5.91 Å². The number of nitrogens with two attached hydrogens (primary N) is 1. The molecule has 2 aromatic carbocycles. The van der Waals surface area contributed by atoms with Gasteiger partial charge in [-0.2, -0.15) is 0 Å². The van der Waals surface area contributed by atoms with E-state index in [0.717, 1.165) is 10.6 Å². The van der Waals surface area contributed by atoms with E-state index in [0.29, 0.717) is 17.2 Å². The molecule has 0 unspecified atom stereocenters. The van der Waals surface area contributed by atoms with Crippen LogP contribution in [0.4, 0.5) is 11.4 Å². The van der Waals surface area contributed by atoms with Crippen molar-refractivity contribution >= 4 is 29.0 Å². The van der Waals surface area contributed by atoms with Crippen LogP contribution in [-0.2, 0) is 4.79 Å². The maximum Gasteiger partial charge on any atom is 0.234 e. The number of ether oxygens (including phenoxy) is 1. The van der Waals surface area contributed by atoms with Crippen molar-refractivity contribution in [1.29, 1.82) is 0 Å². The third kappa shape index (κ3) is 3.93. The number of carbonyl (C=O) groups is 1. The lowest BCUT2D eigenvalue weighted by Gasteiger charge is -2.07. The fourth-order valence-corrected chi connectivity index (χ4v) is 2.42. The first kappa shape index (κ1) is 14.3. The highest BCUT2D eigenvalue weighted by Gasteiger charge is 2.06. The fraction of sp³-hybridized carbons (Fsp3) is 0.133. The first-order chi connectivity index (χ1) is 9.69. The molecule has 5 heteroatoms. The predicted octanol–water partition coefficient (Wildman–Crippen LogP) is 3.01. The average molecular weight is 288 g/mol. The molecule has 0 aromatic heterocycles. The molecule has 2 aromatic rings. The molecule has 104 valence electrons. The van der Waals surface area contributed by atoms with Crippen LogP contribution in [0.25, 0.3) is 0 Å². The van der Waals surface area contributed by atoms with Crippen molar-refractivity contribution in [3.63, 3.8) is 0 Å². The largest absolute Gasteiger partial charge is 0.497 e. The molecule has 20 heavy (non-hydrogen) atoms. The first-order valence-corrected chi connectivity index (χ1v) is 7.09. The zero-order valence-electron chi connectivity index (χ0n) is 11.1. The minimum Gasteiger partial charge on any atom is -0.497 e. The van der Waals surface area contributed by atoms with E-state index in [1.165, 1.54) is 11.8 Å². The van der Waals surface area contributed by atoms with Gasteiger partial charge in [0.1, 0.15) is 5.75 Å². The third-order valence-electron chi connectivity index (χ3n) is 2.63. The highest BCUT2D eigenvalue weighted by Crippen LogP contribution is 2.24. The van der Waals surface area contributed by atoms with Crippen molar-refractivity contribution in [2.45, 2.75) is 4.90 Å². The molecule has 0 spiro atoms. The van der Waals surface area contributed by atoms with Crippen LogP contribution in [0.5, 0.6) is 5.75 Å². The van der Waals surface area contributed by atoms with E-state index < -0.39 is 0 Å². The predicted molar refractivity (Wildman–Crippen MR) is 83.2 cm³/mol. The van der Waals surface area contributed by atoms with Gasteiger partial charge in [0.15, 0.2) is 0 Å². The third-order valence-corrected chi connectivity index (χ3v) is 3.72. The molecule has 0 bridgehead atoms. The molecule has 0 heterocycles. The SMILES string of the molecule is COc1cccc(NC(=O)CSc2ccccc2N)c1. The molecule has 0 aliphatic carbocycles. The lowest BCUT2D eigenvalue weighted by Crippen LogP contribution is -2.14. The van der Waals surface area contributed by atoms with E-state index in [2.05, 4.69) is 5.32 Å². The molecule has 0 radical (unpaired) electrons. The zero-order chi connectivity index (χ0) is 14.4. The Hall–Kier alpha value is -2.14. The van der Waals surface area contributed by atoms with Crippen LogP contribution in [0.1, 0.15) is 0 Å². The quantitative estimate of drug-likeness (QED) is 0.655. The number of hydrogen-bond acceptors (Lipinski definition) is 4. The Balaban J connectivity index is 1.91. The van der Waals surface area contributed by atoms with Crippen LogP contribution >= 0.6 is 11.8 Å². The van der Waals surface area contributed by atoms with Gasteiger partial charge in [0, 0.05) is 22.3 Å². The standard InChI is InChI=1S/C15H16N2O2S/c1-19-12-6-4-5-11(9-12)17-15(18)10-20-14-8-3-2-7-13(14)16/h2-9H,10,16H2,1H3,(H,17,18). The number of rotatable bonds is 5. The van der Waals surface area contributed by atoms with Gasteiger partial charge in [-0.25, -0.2) is 0 Å². The van der Waals surface area contributed by atoms with Crippen LogP contribution in [0.2, 0.25) is 0 Å². The Bertz CT molecular complexity index is 602. The summed E-state index contributed by atoms with van der Waals surface area (Å²) in [7, 11) is 1.59. The Labute approximate surface area is 122 Å². The first-order valence-electron chi connectivity index (χ1n) is 6.10. The topological polar surface area (TPSA) is 64.3 Å². The molecular weight excluding hydrogens is 272 g/mol. The van der Waals surface area contributed by atoms with Crippen LogP contribution < -0.4 is 15.8 Å². The summed E-state index contributed by atoms with van der Waals surface area (Å²) >= 11 is 1.42. The van der Waals surface area contributed by atoms with Crippen molar-refractivity contribution in [1.82, 2.24) is 0 Å². The van der Waals surface area contributed by atoms with Gasteiger partial charge in [0.05, 0.1) is 12.9 Å². The molecular formula is C15H16N2O2S. The Morgan fingerprint density at radius 1 is 1.25 bits per heavy atom. The number of para-hydroxylation sites is 1. The molecule has 0 saturated carbocycles. The van der Waals surface area contributed by atoms with Crippen LogP contribution in [0.3, 0.4) is 0 Å². The van der Waals surface area contributed by atoms with E-state index in [9.17, 15) is 4.79 Å². The minimum atomic E-state index is -0.0773. The number of carbonyl (C=O) groups excluding carboxylic acids is 1. The minimum absolute atomic E-state index is 0.0773. The van der Waals surface area contributed by atoms with Gasteiger partial charge in [-0.1, -0.05) is 18.2 Å². The van der Waals surface area contributed by atoms with Crippen LogP contribution in [-0.4, -0.2) is 18.8 Å². The number of benzene rings is 2. The summed E-state index contributed by atoms with van der Waals surface area (Å²) in [6.07, 6.45) is 0. The van der Waals surface area contributed by atoms with Gasteiger partial charge in [-0.15, -0.1) is 11.8 Å². The second-order valence-corrected chi connectivity index (χ2v) is 5.12. The van der Waals surface area contributed by atoms with Crippen molar-refractivity contribution in [2.75, 3.05) is 23.9 Å². The van der Waals surface area contributed by atoms with Gasteiger partial charge >= 0.3 is 0 Å². The summed E-state index contributed by atoms with van der Waals surface area (Å²) in [6.45, 7) is 0. The van der Waals surface area contributed by atoms with E-state index in [4.69, 9.17) is 10.5 Å². The second kappa shape index (κ2) is 6.86. The second-order valence-electron chi connectivity index (χ2n) is 4.11. The summed E-state index contributed by atoms with van der Waals surface area (Å²) in [5.74, 6) is 0.945. The Kier molecular flexibility index (Phi) is 4.90. The van der Waals surface area contributed by atoms with E-state index in [1.54, 1.807) is 13.2 Å². The summed E-state index contributed by atoms with van der Waals surface area (Å²) in [6, 6.07) is 14.8. The van der Waals surface area contributed by atoms with Crippen LogP contribution in [0, 0.1) is 0 Å². The van der Waals surface area contributed by atoms with Crippen molar-refractivity contribution in [2.24, 2.45) is 0 Å². The molecule has 4 nitrogen and oxygen atoms in total. The summed E-state index contributed by atoms with van der Waals surface area (Å²) in [4.78, 5) is 12.8. The number of nitrogen functional groups attached to an aromatic ring is 1. The normalized spacial score (nSPS) is 10.1. The summed E-state index contributed by atoms with van der Waals surface area (Å²) in [5, 5.41) is 2.83. The molecule has 0 fully saturated rings. The van der Waals surface area contributed by atoms with Crippen molar-refractivity contribution < 1.29 is 9.53 Å². The zero-order valence-corrected chi connectivity index (χ0v) is 11.9. The van der Waals surface area contributed by atoms with E-state index >= 15 is 0 Å². The number of hydrogen-bond donors (Lipinski definition) is 2. The number of amides is 1. The lowest BCUT2D eigenvalue weighted by molar-refractivity contribution is -0.113. The monoisotopic (exact) mass is 288 g/mol. The summed E-state index contributed by atoms with van der Waals surface area (Å²) < 4.78 is 5.11. The van der Waals surface area contributed by atoms with Crippen molar-refractivity contribution in [3.8, 4) is 5.75 Å². The number of thioether (sulfide) groups is 1. The number of anilines is 2. The van der Waals surface area contributed by atoms with E-state index in [1.807, 2.05) is 42.5 Å². The lowest BCUT2D eigenvalue weighted by atomic mass is 10.3. The van der Waals surface area contributed by atoms with Gasteiger partial charge in [-0.3, -0.25) is 4.79 Å². The van der Waals surface area contributed by atoms with Crippen molar-refractivity contribution in [3.05, 3.63) is 48.5 Å². The average Bonchev–Trinajstić information content (AvgIpc) is 2.46. The van der Waals surface area contributed by atoms with Gasteiger partial charge in [0.2, 0.25) is 5.91 Å². The molecule has 3 N–H and O–H groups in total. The van der Waals surface area contributed by atoms with Gasteiger partial charge in [0.25, 0.3) is 0 Å². The maximum atomic E-state index is 11.9. The smallest absolute Gasteiger partial charge is 0.234 e. The van der Waals surface area contributed by atoms with Crippen LogP contribution in [0.15, 0.2) is 53.4 Å². The molecule has 0 saturated heterocycles.